The van der Waals surface area contributed by atoms with E-state index in [1.807, 2.05) is 12.4 Å². The summed E-state index contributed by atoms with van der Waals surface area (Å²) >= 11 is 0. The molecule has 2 aliphatic heterocycles. The summed E-state index contributed by atoms with van der Waals surface area (Å²) in [5, 5.41) is 4.76. The SMILES string of the molecule is CC(C)(C)c1ccc(N(c2ccc3c(n2)N(c2ccccc2)c2cncc4c2B3c2ccc(-c3cccc5ccccc35)nc2N4c2ccccc2)c2ccc(C(C)(C)C)cc2-c2cccc3ccccc23)cc1. The van der Waals surface area contributed by atoms with Crippen molar-refractivity contribution in [3.8, 4) is 22.4 Å². The topological polar surface area (TPSA) is 48.4 Å². The van der Waals surface area contributed by atoms with Crippen molar-refractivity contribution in [1.82, 2.24) is 15.0 Å². The molecule has 0 radical (unpaired) electrons. The molecule has 0 amide bonds. The van der Waals surface area contributed by atoms with Crippen molar-refractivity contribution in [2.75, 3.05) is 14.7 Å². The molecule has 11 aromatic rings. The van der Waals surface area contributed by atoms with Crippen LogP contribution in [-0.2, 0) is 10.8 Å². The second-order valence-corrected chi connectivity index (χ2v) is 21.7. The number of para-hydroxylation sites is 2. The molecule has 0 aliphatic carbocycles. The number of rotatable bonds is 7. The molecule has 6 nitrogen and oxygen atoms in total. The van der Waals surface area contributed by atoms with Crippen LogP contribution in [0.4, 0.5) is 51.6 Å². The monoisotopic (exact) mass is 954 g/mol. The van der Waals surface area contributed by atoms with Gasteiger partial charge in [0.25, 0.3) is 6.71 Å². The van der Waals surface area contributed by atoms with E-state index in [0.29, 0.717) is 0 Å². The number of anilines is 9. The Bertz CT molecular complexity index is 3940. The number of fused-ring (bicyclic) bond motifs is 6. The zero-order valence-electron chi connectivity index (χ0n) is 42.6. The van der Waals surface area contributed by atoms with Gasteiger partial charge in [-0.15, -0.1) is 0 Å². The van der Waals surface area contributed by atoms with Crippen LogP contribution in [-0.4, -0.2) is 21.7 Å². The van der Waals surface area contributed by atoms with Gasteiger partial charge in [0.05, 0.1) is 35.1 Å². The van der Waals surface area contributed by atoms with E-state index in [-0.39, 0.29) is 17.5 Å². The summed E-state index contributed by atoms with van der Waals surface area (Å²) in [6.07, 6.45) is 4.04. The molecule has 0 atom stereocenters. The molecule has 356 valence electrons. The van der Waals surface area contributed by atoms with Crippen molar-refractivity contribution in [3.63, 3.8) is 0 Å². The Morgan fingerprint density at radius 2 is 0.946 bits per heavy atom. The van der Waals surface area contributed by atoms with E-state index in [2.05, 4.69) is 269 Å². The van der Waals surface area contributed by atoms with E-state index in [1.54, 1.807) is 0 Å². The van der Waals surface area contributed by atoms with Crippen LogP contribution in [0.2, 0.25) is 0 Å². The van der Waals surface area contributed by atoms with Crippen LogP contribution in [0.5, 0.6) is 0 Å². The molecule has 0 unspecified atom stereocenters. The minimum Gasteiger partial charge on any atom is -0.294 e. The van der Waals surface area contributed by atoms with Crippen LogP contribution in [0, 0.1) is 0 Å². The fourth-order valence-electron chi connectivity index (χ4n) is 11.3. The van der Waals surface area contributed by atoms with Crippen molar-refractivity contribution in [3.05, 3.63) is 236 Å². The van der Waals surface area contributed by atoms with E-state index in [9.17, 15) is 0 Å². The van der Waals surface area contributed by atoms with Gasteiger partial charge in [0.2, 0.25) is 0 Å². The normalized spacial score (nSPS) is 12.9. The lowest BCUT2D eigenvalue weighted by atomic mass is 9.34. The highest BCUT2D eigenvalue weighted by Crippen LogP contribution is 2.47. The smallest absolute Gasteiger partial charge is 0.256 e. The van der Waals surface area contributed by atoms with Gasteiger partial charge >= 0.3 is 0 Å². The van der Waals surface area contributed by atoms with Gasteiger partial charge in [0.15, 0.2) is 0 Å². The highest BCUT2D eigenvalue weighted by Gasteiger charge is 2.45. The molecule has 0 saturated carbocycles. The van der Waals surface area contributed by atoms with Crippen LogP contribution < -0.4 is 31.1 Å². The standard InChI is InChI=1S/C67H55BN6/c1-66(2,3)46-31-34-50(35-32-46)72(59-39-33-47(67(4,5)6)41-55(59)53-29-17-21-44-19-13-15-27-51(44)53)62-40-37-57-65(71-62)74(49-25-11-8-12-26-49)61-43-69-42-60-63(61)68(57)56-36-38-58(54-30-18-22-45-20-14-16-28-52(45)54)70-64(56)73(60)48-23-9-7-10-24-48/h7-43H,1-6H3. The van der Waals surface area contributed by atoms with Gasteiger partial charge in [-0.1, -0.05) is 193 Å². The predicted molar refractivity (Wildman–Crippen MR) is 312 cm³/mol. The Kier molecular flexibility index (Phi) is 10.6. The average molecular weight is 955 g/mol. The van der Waals surface area contributed by atoms with Gasteiger partial charge in [-0.2, -0.15) is 0 Å². The minimum atomic E-state index is -0.208. The Hall–Kier alpha value is -8.81. The largest absolute Gasteiger partial charge is 0.294 e. The van der Waals surface area contributed by atoms with Crippen LogP contribution >= 0.6 is 0 Å². The molecule has 2 aliphatic rings. The lowest BCUT2D eigenvalue weighted by Crippen LogP contribution is -2.62. The van der Waals surface area contributed by atoms with Crippen LogP contribution in [0.3, 0.4) is 0 Å². The van der Waals surface area contributed by atoms with Crippen molar-refractivity contribution < 1.29 is 0 Å². The van der Waals surface area contributed by atoms with E-state index in [0.717, 1.165) is 84.8 Å². The third-order valence-corrected chi connectivity index (χ3v) is 15.1. The van der Waals surface area contributed by atoms with Crippen molar-refractivity contribution in [2.45, 2.75) is 52.4 Å². The van der Waals surface area contributed by atoms with E-state index in [4.69, 9.17) is 15.0 Å². The molecule has 0 bridgehead atoms. The zero-order chi connectivity index (χ0) is 50.3. The van der Waals surface area contributed by atoms with E-state index >= 15 is 0 Å². The molecule has 0 saturated heterocycles. The Balaban J connectivity index is 1.07. The highest BCUT2D eigenvalue weighted by atomic mass is 15.3. The first-order chi connectivity index (χ1) is 36.0. The van der Waals surface area contributed by atoms with Gasteiger partial charge in [0.1, 0.15) is 17.5 Å². The fraction of sp³-hybridized carbons (Fsp3) is 0.119. The van der Waals surface area contributed by atoms with Crippen LogP contribution in [0.15, 0.2) is 225 Å². The summed E-state index contributed by atoms with van der Waals surface area (Å²) < 4.78 is 0. The maximum atomic E-state index is 5.95. The average Bonchev–Trinajstić information content (AvgIpc) is 3.45. The second kappa shape index (κ2) is 17.5. The molecule has 0 spiro atoms. The van der Waals surface area contributed by atoms with Crippen molar-refractivity contribution in [2.24, 2.45) is 0 Å². The van der Waals surface area contributed by atoms with Crippen molar-refractivity contribution >= 4 is 96.2 Å². The number of hydrogen-bond acceptors (Lipinski definition) is 6. The van der Waals surface area contributed by atoms with Gasteiger partial charge in [-0.3, -0.25) is 19.7 Å². The summed E-state index contributed by atoms with van der Waals surface area (Å²) in [5.74, 6) is 2.52. The lowest BCUT2D eigenvalue weighted by molar-refractivity contribution is 0.590. The van der Waals surface area contributed by atoms with E-state index < -0.39 is 0 Å². The van der Waals surface area contributed by atoms with Gasteiger partial charge < -0.3 is 0 Å². The van der Waals surface area contributed by atoms with Crippen LogP contribution in [0.1, 0.15) is 52.7 Å². The van der Waals surface area contributed by atoms with Crippen LogP contribution in [0.25, 0.3) is 43.9 Å². The quantitative estimate of drug-likeness (QED) is 0.148. The first-order valence-corrected chi connectivity index (χ1v) is 25.7. The third-order valence-electron chi connectivity index (χ3n) is 15.1. The summed E-state index contributed by atoms with van der Waals surface area (Å²) in [7, 11) is 0. The molecule has 7 heteroatoms. The van der Waals surface area contributed by atoms with Gasteiger partial charge in [0, 0.05) is 28.2 Å². The molecule has 3 aromatic heterocycles. The fourth-order valence-corrected chi connectivity index (χ4v) is 11.3. The minimum absolute atomic E-state index is 0.0246. The molecular weight excluding hydrogens is 900 g/mol. The lowest BCUT2D eigenvalue weighted by Gasteiger charge is -2.42. The number of hydrogen-bond donors (Lipinski definition) is 0. The summed E-state index contributed by atoms with van der Waals surface area (Å²) in [4.78, 5) is 23.7. The van der Waals surface area contributed by atoms with Crippen molar-refractivity contribution in [1.29, 1.82) is 0 Å². The Labute approximate surface area is 434 Å². The molecule has 0 N–H and O–H groups in total. The Morgan fingerprint density at radius 3 is 1.55 bits per heavy atom. The first kappa shape index (κ1) is 45.1. The molecular formula is C67H55BN6. The molecule has 0 fully saturated rings. The number of benzene rings is 8. The second-order valence-electron chi connectivity index (χ2n) is 21.7. The zero-order valence-corrected chi connectivity index (χ0v) is 42.6. The number of aromatic nitrogens is 3. The summed E-state index contributed by atoms with van der Waals surface area (Å²) in [5.41, 5.74) is 16.1. The maximum absolute atomic E-state index is 5.95. The number of nitrogens with zero attached hydrogens (tertiary/aromatic N) is 6. The number of pyridine rings is 3. The van der Waals surface area contributed by atoms with Gasteiger partial charge in [-0.05, 0) is 126 Å². The Morgan fingerprint density at radius 1 is 0.432 bits per heavy atom. The van der Waals surface area contributed by atoms with E-state index in [1.165, 1.54) is 38.2 Å². The van der Waals surface area contributed by atoms with Gasteiger partial charge in [-0.25, -0.2) is 9.97 Å². The predicted octanol–water partition coefficient (Wildman–Crippen LogP) is 15.7. The third kappa shape index (κ3) is 7.53. The summed E-state index contributed by atoms with van der Waals surface area (Å²) in [6, 6.07) is 76.8. The molecule has 74 heavy (non-hydrogen) atoms. The molecule has 13 rings (SSSR count). The maximum Gasteiger partial charge on any atom is 0.256 e. The first-order valence-electron chi connectivity index (χ1n) is 25.7. The molecule has 8 aromatic carbocycles. The molecule has 5 heterocycles. The highest BCUT2D eigenvalue weighted by molar-refractivity contribution is 7.00. The summed E-state index contributed by atoms with van der Waals surface area (Å²) in [6.45, 7) is 13.5.